The summed E-state index contributed by atoms with van der Waals surface area (Å²) in [5.41, 5.74) is -0.436. The number of benzene rings is 1. The van der Waals surface area contributed by atoms with E-state index in [2.05, 4.69) is 5.32 Å². The Balaban J connectivity index is 2.14. The predicted molar refractivity (Wildman–Crippen MR) is 79.3 cm³/mol. The van der Waals surface area contributed by atoms with Crippen LogP contribution in [0, 0.1) is 5.82 Å². The second kappa shape index (κ2) is 6.24. The molecule has 2 amide bonds. The zero-order valence-corrected chi connectivity index (χ0v) is 12.5. The van der Waals surface area contributed by atoms with Gasteiger partial charge in [-0.25, -0.2) is 4.39 Å². The normalized spacial score (nSPS) is 21.4. The van der Waals surface area contributed by atoms with Crippen LogP contribution in [0.25, 0.3) is 0 Å². The maximum Gasteiger partial charge on any atom is 0.250 e. The molecule has 1 unspecified atom stereocenters. The fraction of sp³-hybridized carbons (Fsp3) is 0.500. The molecule has 0 radical (unpaired) electrons. The fourth-order valence-electron chi connectivity index (χ4n) is 2.78. The summed E-state index contributed by atoms with van der Waals surface area (Å²) in [5.74, 6) is -0.648. The third kappa shape index (κ3) is 3.23. The van der Waals surface area contributed by atoms with Gasteiger partial charge >= 0.3 is 0 Å². The van der Waals surface area contributed by atoms with Crippen LogP contribution in [0.3, 0.4) is 0 Å². The molecule has 4 nitrogen and oxygen atoms in total. The molecule has 21 heavy (non-hydrogen) atoms. The number of nitrogens with one attached hydrogen (secondary N) is 1. The first-order chi connectivity index (χ1) is 9.97. The lowest BCUT2D eigenvalue weighted by Gasteiger charge is -2.34. The highest BCUT2D eigenvalue weighted by atomic mass is 19.1. The van der Waals surface area contributed by atoms with Crippen LogP contribution in [-0.4, -0.2) is 28.8 Å². The van der Waals surface area contributed by atoms with Gasteiger partial charge in [0.25, 0.3) is 0 Å². The number of hydrogen-bond acceptors (Lipinski definition) is 2. The Morgan fingerprint density at radius 1 is 1.43 bits per heavy atom. The quantitative estimate of drug-likeness (QED) is 0.927. The van der Waals surface area contributed by atoms with E-state index in [4.69, 9.17) is 0 Å². The van der Waals surface area contributed by atoms with Crippen molar-refractivity contribution in [1.29, 1.82) is 0 Å². The van der Waals surface area contributed by atoms with Crippen molar-refractivity contribution in [2.24, 2.45) is 0 Å². The minimum Gasteiger partial charge on any atom is -0.328 e. The topological polar surface area (TPSA) is 49.4 Å². The number of nitrogens with zero attached hydrogens (tertiary/aromatic N) is 1. The standard InChI is InChI=1S/C16H21FN2O2/c1-3-6-14(20)19-10-5-9-16(19,2)15(21)18-13-8-4-7-12(17)11-13/h4,7-8,11H,3,5-6,9-10H2,1-2H3,(H,18,21). The molecule has 114 valence electrons. The molecule has 0 aromatic heterocycles. The highest BCUT2D eigenvalue weighted by Gasteiger charge is 2.45. The van der Waals surface area contributed by atoms with Crippen molar-refractivity contribution < 1.29 is 14.0 Å². The molecule has 1 heterocycles. The summed E-state index contributed by atoms with van der Waals surface area (Å²) in [4.78, 5) is 26.4. The highest BCUT2D eigenvalue weighted by molar-refractivity contribution is 6.00. The van der Waals surface area contributed by atoms with Crippen LogP contribution < -0.4 is 5.32 Å². The third-order valence-electron chi connectivity index (χ3n) is 3.98. The highest BCUT2D eigenvalue weighted by Crippen LogP contribution is 2.31. The lowest BCUT2D eigenvalue weighted by molar-refractivity contribution is -0.141. The fourth-order valence-corrected chi connectivity index (χ4v) is 2.78. The van der Waals surface area contributed by atoms with Crippen molar-refractivity contribution in [2.45, 2.75) is 45.1 Å². The van der Waals surface area contributed by atoms with E-state index in [-0.39, 0.29) is 11.8 Å². The number of anilines is 1. The minimum absolute atomic E-state index is 0.00638. The van der Waals surface area contributed by atoms with Crippen LogP contribution in [0.4, 0.5) is 10.1 Å². The van der Waals surface area contributed by atoms with Gasteiger partial charge in [0.15, 0.2) is 0 Å². The first kappa shape index (κ1) is 15.5. The molecule has 1 aliphatic heterocycles. The van der Waals surface area contributed by atoms with Crippen LogP contribution >= 0.6 is 0 Å². The second-order valence-corrected chi connectivity index (χ2v) is 5.64. The summed E-state index contributed by atoms with van der Waals surface area (Å²) in [5, 5.41) is 2.72. The van der Waals surface area contributed by atoms with Crippen LogP contribution in [0.2, 0.25) is 0 Å². The summed E-state index contributed by atoms with van der Waals surface area (Å²) in [7, 11) is 0. The van der Waals surface area contributed by atoms with Gasteiger partial charge in [0.1, 0.15) is 11.4 Å². The third-order valence-corrected chi connectivity index (χ3v) is 3.98. The minimum atomic E-state index is -0.849. The molecule has 0 spiro atoms. The average Bonchev–Trinajstić information content (AvgIpc) is 2.82. The van der Waals surface area contributed by atoms with E-state index in [1.165, 1.54) is 12.1 Å². The summed E-state index contributed by atoms with van der Waals surface area (Å²) < 4.78 is 13.2. The Bertz CT molecular complexity index is 547. The number of amides is 2. The first-order valence-corrected chi connectivity index (χ1v) is 7.35. The Kier molecular flexibility index (Phi) is 4.60. The van der Waals surface area contributed by atoms with Gasteiger partial charge in [-0.3, -0.25) is 9.59 Å². The lowest BCUT2D eigenvalue weighted by Crippen LogP contribution is -2.53. The van der Waals surface area contributed by atoms with Crippen LogP contribution in [0.1, 0.15) is 39.5 Å². The van der Waals surface area contributed by atoms with Crippen LogP contribution in [0.15, 0.2) is 24.3 Å². The van der Waals surface area contributed by atoms with E-state index in [1.54, 1.807) is 24.0 Å². The predicted octanol–water partition coefficient (Wildman–Crippen LogP) is 2.95. The number of likely N-dealkylation sites (tertiary alicyclic amines) is 1. The zero-order valence-electron chi connectivity index (χ0n) is 12.5. The molecule has 1 saturated heterocycles. The van der Waals surface area contributed by atoms with E-state index in [9.17, 15) is 14.0 Å². The molecular formula is C16H21FN2O2. The largest absolute Gasteiger partial charge is 0.328 e. The Hall–Kier alpha value is -1.91. The molecule has 0 saturated carbocycles. The van der Waals surface area contributed by atoms with Gasteiger partial charge in [-0.2, -0.15) is 0 Å². The molecule has 1 atom stereocenters. The molecule has 1 aliphatic rings. The van der Waals surface area contributed by atoms with E-state index in [0.29, 0.717) is 25.1 Å². The van der Waals surface area contributed by atoms with Crippen molar-refractivity contribution in [1.82, 2.24) is 4.90 Å². The van der Waals surface area contributed by atoms with E-state index >= 15 is 0 Å². The van der Waals surface area contributed by atoms with Crippen molar-refractivity contribution in [3.05, 3.63) is 30.1 Å². The average molecular weight is 292 g/mol. The monoisotopic (exact) mass is 292 g/mol. The van der Waals surface area contributed by atoms with E-state index in [0.717, 1.165) is 12.8 Å². The van der Waals surface area contributed by atoms with Crippen LogP contribution in [-0.2, 0) is 9.59 Å². The lowest BCUT2D eigenvalue weighted by atomic mass is 9.97. The van der Waals surface area contributed by atoms with Gasteiger partial charge in [-0.15, -0.1) is 0 Å². The number of hydrogen-bond donors (Lipinski definition) is 1. The zero-order chi connectivity index (χ0) is 15.5. The Morgan fingerprint density at radius 3 is 2.86 bits per heavy atom. The SMILES string of the molecule is CCCC(=O)N1CCCC1(C)C(=O)Nc1cccc(F)c1. The summed E-state index contributed by atoms with van der Waals surface area (Å²) in [6.45, 7) is 4.33. The maximum atomic E-state index is 13.2. The number of carbonyl (C=O) groups excluding carboxylic acids is 2. The van der Waals surface area contributed by atoms with Gasteiger partial charge in [0.2, 0.25) is 11.8 Å². The summed E-state index contributed by atoms with van der Waals surface area (Å²) >= 11 is 0. The summed E-state index contributed by atoms with van der Waals surface area (Å²) in [6.07, 6.45) is 2.64. The first-order valence-electron chi connectivity index (χ1n) is 7.35. The molecular weight excluding hydrogens is 271 g/mol. The van der Waals surface area contributed by atoms with Crippen molar-refractivity contribution in [3.8, 4) is 0 Å². The molecule has 1 aromatic carbocycles. The van der Waals surface area contributed by atoms with Crippen molar-refractivity contribution in [2.75, 3.05) is 11.9 Å². The molecule has 1 fully saturated rings. The molecule has 1 aromatic rings. The second-order valence-electron chi connectivity index (χ2n) is 5.64. The van der Waals surface area contributed by atoms with Crippen molar-refractivity contribution >= 4 is 17.5 Å². The molecule has 0 bridgehead atoms. The Morgan fingerprint density at radius 2 is 2.19 bits per heavy atom. The number of halogens is 1. The van der Waals surface area contributed by atoms with Crippen molar-refractivity contribution in [3.63, 3.8) is 0 Å². The molecule has 0 aliphatic carbocycles. The number of carbonyl (C=O) groups is 2. The van der Waals surface area contributed by atoms with Gasteiger partial charge in [-0.1, -0.05) is 13.0 Å². The summed E-state index contributed by atoms with van der Waals surface area (Å²) in [6, 6.07) is 5.78. The molecule has 2 rings (SSSR count). The van der Waals surface area contributed by atoms with Gasteiger partial charge < -0.3 is 10.2 Å². The van der Waals surface area contributed by atoms with E-state index < -0.39 is 11.4 Å². The van der Waals surface area contributed by atoms with Gasteiger partial charge in [0, 0.05) is 18.7 Å². The number of rotatable bonds is 4. The van der Waals surface area contributed by atoms with Gasteiger partial charge in [-0.05, 0) is 44.4 Å². The van der Waals surface area contributed by atoms with Gasteiger partial charge in [0.05, 0.1) is 0 Å². The molecule has 5 heteroatoms. The smallest absolute Gasteiger partial charge is 0.250 e. The maximum absolute atomic E-state index is 13.2. The van der Waals surface area contributed by atoms with Crippen LogP contribution in [0.5, 0.6) is 0 Å². The van der Waals surface area contributed by atoms with E-state index in [1.807, 2.05) is 6.92 Å². The Labute approximate surface area is 124 Å². The molecule has 1 N–H and O–H groups in total.